The molecule has 0 saturated carbocycles. The smallest absolute Gasteiger partial charge is 0.255 e. The summed E-state index contributed by atoms with van der Waals surface area (Å²) in [6.45, 7) is 0. The number of carbonyl (C=O) groups is 1. The average Bonchev–Trinajstić information content (AvgIpc) is 3.04. The third kappa shape index (κ3) is 3.19. The number of rotatable bonds is 3. The second kappa shape index (κ2) is 6.31. The molecule has 0 unspecified atom stereocenters. The first-order valence-corrected chi connectivity index (χ1v) is 7.71. The molecule has 0 bridgehead atoms. The predicted molar refractivity (Wildman–Crippen MR) is 92.8 cm³/mol. The number of carbonyl (C=O) groups excluding carboxylic acids is 1. The number of anilines is 1. The van der Waals surface area contributed by atoms with Crippen LogP contribution in [0.1, 0.15) is 10.4 Å². The van der Waals surface area contributed by atoms with E-state index in [1.54, 1.807) is 24.3 Å². The van der Waals surface area contributed by atoms with E-state index < -0.39 is 5.82 Å². The van der Waals surface area contributed by atoms with Crippen LogP contribution in [-0.2, 0) is 0 Å². The fourth-order valence-electron chi connectivity index (χ4n) is 2.07. The molecule has 110 valence electrons. The molecule has 1 amide bonds. The van der Waals surface area contributed by atoms with Crippen LogP contribution in [0.3, 0.4) is 0 Å². The quantitative estimate of drug-likeness (QED) is 0.640. The number of nitrogens with zero attached hydrogens (tertiary/aromatic N) is 1. The molecule has 1 N–H and O–H groups in total. The topological polar surface area (TPSA) is 34.0 Å². The Morgan fingerprint density at radius 3 is 2.41 bits per heavy atom. The van der Waals surface area contributed by atoms with Crippen LogP contribution >= 0.6 is 22.6 Å². The van der Waals surface area contributed by atoms with Crippen molar-refractivity contribution in [3.8, 4) is 5.69 Å². The summed E-state index contributed by atoms with van der Waals surface area (Å²) in [4.78, 5) is 12.2. The van der Waals surface area contributed by atoms with Crippen LogP contribution < -0.4 is 5.32 Å². The van der Waals surface area contributed by atoms with Gasteiger partial charge in [-0.2, -0.15) is 0 Å². The molecular formula is C17H12FIN2O. The zero-order valence-corrected chi connectivity index (χ0v) is 13.6. The Morgan fingerprint density at radius 2 is 1.73 bits per heavy atom. The van der Waals surface area contributed by atoms with Gasteiger partial charge < -0.3 is 9.88 Å². The minimum absolute atomic E-state index is 0.162. The Hall–Kier alpha value is -2.15. The third-order valence-electron chi connectivity index (χ3n) is 3.21. The molecule has 0 aliphatic carbocycles. The first-order valence-electron chi connectivity index (χ1n) is 6.63. The van der Waals surface area contributed by atoms with Crippen LogP contribution in [0.4, 0.5) is 10.1 Å². The number of benzene rings is 2. The van der Waals surface area contributed by atoms with Crippen LogP contribution in [0.15, 0.2) is 67.0 Å². The van der Waals surface area contributed by atoms with Gasteiger partial charge in [-0.05, 0) is 77.2 Å². The van der Waals surface area contributed by atoms with Crippen LogP contribution in [0, 0.1) is 9.39 Å². The van der Waals surface area contributed by atoms with Crippen molar-refractivity contribution >= 4 is 34.2 Å². The van der Waals surface area contributed by atoms with Gasteiger partial charge in [0.05, 0.1) is 5.69 Å². The molecule has 3 rings (SSSR count). The monoisotopic (exact) mass is 406 g/mol. The SMILES string of the molecule is O=C(Nc1cc(-n2cccc2)ccc1F)c1ccc(I)cc1. The second-order valence-corrected chi connectivity index (χ2v) is 5.96. The van der Waals surface area contributed by atoms with E-state index in [9.17, 15) is 9.18 Å². The van der Waals surface area contributed by atoms with E-state index in [1.165, 1.54) is 6.07 Å². The number of halogens is 2. The standard InChI is InChI=1S/C17H12FIN2O/c18-15-8-7-14(21-9-1-2-10-21)11-16(15)20-17(22)12-3-5-13(19)6-4-12/h1-11H,(H,20,22). The number of hydrogen-bond donors (Lipinski definition) is 1. The van der Waals surface area contributed by atoms with E-state index in [2.05, 4.69) is 27.9 Å². The van der Waals surface area contributed by atoms with E-state index in [1.807, 2.05) is 41.2 Å². The molecule has 0 spiro atoms. The largest absolute Gasteiger partial charge is 0.324 e. The van der Waals surface area contributed by atoms with Crippen molar-refractivity contribution in [1.82, 2.24) is 4.57 Å². The van der Waals surface area contributed by atoms with E-state index in [-0.39, 0.29) is 11.6 Å². The van der Waals surface area contributed by atoms with Crippen molar-refractivity contribution in [1.29, 1.82) is 0 Å². The van der Waals surface area contributed by atoms with Crippen LogP contribution in [0.25, 0.3) is 5.69 Å². The van der Waals surface area contributed by atoms with Crippen molar-refractivity contribution in [3.05, 3.63) is 81.9 Å². The van der Waals surface area contributed by atoms with Gasteiger partial charge in [-0.15, -0.1) is 0 Å². The van der Waals surface area contributed by atoms with Gasteiger partial charge in [0.25, 0.3) is 5.91 Å². The molecular weight excluding hydrogens is 394 g/mol. The van der Waals surface area contributed by atoms with Crippen LogP contribution in [-0.4, -0.2) is 10.5 Å². The lowest BCUT2D eigenvalue weighted by Gasteiger charge is -2.10. The maximum absolute atomic E-state index is 13.9. The zero-order chi connectivity index (χ0) is 15.5. The van der Waals surface area contributed by atoms with Crippen molar-refractivity contribution < 1.29 is 9.18 Å². The molecule has 5 heteroatoms. The second-order valence-electron chi connectivity index (χ2n) is 4.72. The summed E-state index contributed by atoms with van der Waals surface area (Å²) >= 11 is 2.16. The minimum atomic E-state index is -0.463. The number of hydrogen-bond acceptors (Lipinski definition) is 1. The van der Waals surface area contributed by atoms with Gasteiger partial charge in [0, 0.05) is 27.2 Å². The Kier molecular flexibility index (Phi) is 4.24. The molecule has 22 heavy (non-hydrogen) atoms. The summed E-state index contributed by atoms with van der Waals surface area (Å²) in [5.74, 6) is -0.797. The summed E-state index contributed by atoms with van der Waals surface area (Å²) in [5, 5.41) is 2.62. The maximum atomic E-state index is 13.9. The summed E-state index contributed by atoms with van der Waals surface area (Å²) in [5.41, 5.74) is 1.44. The highest BCUT2D eigenvalue weighted by molar-refractivity contribution is 14.1. The van der Waals surface area contributed by atoms with Gasteiger partial charge in [0.2, 0.25) is 0 Å². The third-order valence-corrected chi connectivity index (χ3v) is 3.93. The highest BCUT2D eigenvalue weighted by atomic mass is 127. The highest BCUT2D eigenvalue weighted by Gasteiger charge is 2.10. The molecule has 0 fully saturated rings. The fraction of sp³-hybridized carbons (Fsp3) is 0. The fourth-order valence-corrected chi connectivity index (χ4v) is 2.43. The molecule has 0 radical (unpaired) electrons. The molecule has 1 heterocycles. The lowest BCUT2D eigenvalue weighted by molar-refractivity contribution is 0.102. The van der Waals surface area contributed by atoms with Crippen molar-refractivity contribution in [3.63, 3.8) is 0 Å². The lowest BCUT2D eigenvalue weighted by Crippen LogP contribution is -2.13. The summed E-state index contributed by atoms with van der Waals surface area (Å²) < 4.78 is 16.8. The van der Waals surface area contributed by atoms with E-state index >= 15 is 0 Å². The van der Waals surface area contributed by atoms with Gasteiger partial charge in [-0.25, -0.2) is 4.39 Å². The van der Waals surface area contributed by atoms with Crippen LogP contribution in [0.2, 0.25) is 0 Å². The molecule has 1 aromatic heterocycles. The maximum Gasteiger partial charge on any atom is 0.255 e. The molecule has 2 aromatic carbocycles. The minimum Gasteiger partial charge on any atom is -0.324 e. The molecule has 0 aliphatic heterocycles. The van der Waals surface area contributed by atoms with E-state index in [0.29, 0.717) is 5.56 Å². The number of aromatic nitrogens is 1. The molecule has 3 nitrogen and oxygen atoms in total. The average molecular weight is 406 g/mol. The molecule has 0 atom stereocenters. The summed E-state index contributed by atoms with van der Waals surface area (Å²) in [7, 11) is 0. The van der Waals surface area contributed by atoms with Gasteiger partial charge in [0.15, 0.2) is 0 Å². The zero-order valence-electron chi connectivity index (χ0n) is 11.5. The first-order chi connectivity index (χ1) is 10.6. The van der Waals surface area contributed by atoms with Gasteiger partial charge in [-0.1, -0.05) is 0 Å². The summed E-state index contributed by atoms with van der Waals surface area (Å²) in [6.07, 6.45) is 3.72. The normalized spacial score (nSPS) is 10.5. The van der Waals surface area contributed by atoms with Gasteiger partial charge in [0.1, 0.15) is 5.82 Å². The van der Waals surface area contributed by atoms with Gasteiger partial charge in [-0.3, -0.25) is 4.79 Å². The Morgan fingerprint density at radius 1 is 1.05 bits per heavy atom. The Labute approximate surface area is 140 Å². The van der Waals surface area contributed by atoms with Crippen molar-refractivity contribution in [2.24, 2.45) is 0 Å². The van der Waals surface area contributed by atoms with Gasteiger partial charge >= 0.3 is 0 Å². The van der Waals surface area contributed by atoms with Crippen molar-refractivity contribution in [2.75, 3.05) is 5.32 Å². The Bertz CT molecular complexity index is 798. The van der Waals surface area contributed by atoms with E-state index in [0.717, 1.165) is 9.26 Å². The van der Waals surface area contributed by atoms with Crippen LogP contribution in [0.5, 0.6) is 0 Å². The molecule has 0 aliphatic rings. The van der Waals surface area contributed by atoms with E-state index in [4.69, 9.17) is 0 Å². The highest BCUT2D eigenvalue weighted by Crippen LogP contribution is 2.20. The Balaban J connectivity index is 1.87. The first kappa shape index (κ1) is 14.8. The van der Waals surface area contributed by atoms with Crippen molar-refractivity contribution in [2.45, 2.75) is 0 Å². The molecule has 3 aromatic rings. The molecule has 0 saturated heterocycles. The number of nitrogens with one attached hydrogen (secondary N) is 1. The lowest BCUT2D eigenvalue weighted by atomic mass is 10.2. The predicted octanol–water partition coefficient (Wildman–Crippen LogP) is 4.47. The number of amides is 1. The summed E-state index contributed by atoms with van der Waals surface area (Å²) in [6, 6.07) is 15.5.